The molecule has 0 radical (unpaired) electrons. The van der Waals surface area contributed by atoms with Gasteiger partial charge in [-0.25, -0.2) is 17.5 Å². The fourth-order valence-corrected chi connectivity index (χ4v) is 3.78. The van der Waals surface area contributed by atoms with Crippen LogP contribution in [-0.2, 0) is 19.6 Å². The Balaban J connectivity index is 1.97. The van der Waals surface area contributed by atoms with Crippen LogP contribution in [0.2, 0.25) is 0 Å². The van der Waals surface area contributed by atoms with E-state index in [1.54, 1.807) is 0 Å². The molecular formula is C17H20N2O5S2. The van der Waals surface area contributed by atoms with Crippen molar-refractivity contribution in [1.29, 1.82) is 0 Å². The summed E-state index contributed by atoms with van der Waals surface area (Å²) in [6.45, 7) is 1.39. The first kappa shape index (κ1) is 20.1. The normalized spacial score (nSPS) is 12.6. The minimum atomic E-state index is -3.66. The van der Waals surface area contributed by atoms with Crippen LogP contribution in [0.5, 0.6) is 0 Å². The molecule has 0 aliphatic rings. The van der Waals surface area contributed by atoms with Crippen LogP contribution in [0.3, 0.4) is 0 Å². The number of carbonyl (C=O) groups excluding carboxylic acids is 2. The van der Waals surface area contributed by atoms with Crippen LogP contribution in [-0.4, -0.2) is 45.3 Å². The number of nitrogens with one attached hydrogen (secondary N) is 1. The second-order valence-corrected chi connectivity index (χ2v) is 8.83. The topological polar surface area (TPSA) is 92.8 Å². The zero-order valence-corrected chi connectivity index (χ0v) is 16.3. The minimum absolute atomic E-state index is 0.0206. The fourth-order valence-electron chi connectivity index (χ4n) is 2.10. The van der Waals surface area contributed by atoms with Crippen molar-refractivity contribution in [2.45, 2.75) is 17.9 Å². The van der Waals surface area contributed by atoms with Crippen LogP contribution in [0.4, 0.5) is 0 Å². The number of sulfonamides is 1. The van der Waals surface area contributed by atoms with Gasteiger partial charge >= 0.3 is 5.97 Å². The van der Waals surface area contributed by atoms with E-state index in [-0.39, 0.29) is 16.5 Å². The zero-order chi connectivity index (χ0) is 19.3. The lowest BCUT2D eigenvalue weighted by atomic mass is 10.2. The van der Waals surface area contributed by atoms with Gasteiger partial charge in [0.1, 0.15) is 0 Å². The molecule has 1 aromatic heterocycles. The monoisotopic (exact) mass is 396 g/mol. The number of hydrogen-bond donors (Lipinski definition) is 1. The number of amides is 1. The Morgan fingerprint density at radius 2 is 1.96 bits per heavy atom. The van der Waals surface area contributed by atoms with E-state index >= 15 is 0 Å². The van der Waals surface area contributed by atoms with Crippen molar-refractivity contribution in [2.75, 3.05) is 20.7 Å². The summed E-state index contributed by atoms with van der Waals surface area (Å²) in [6.07, 6.45) is 0. The van der Waals surface area contributed by atoms with E-state index in [0.717, 1.165) is 9.18 Å². The third kappa shape index (κ3) is 4.90. The average Bonchev–Trinajstić information content (AvgIpc) is 3.14. The Bertz CT molecular complexity index is 876. The van der Waals surface area contributed by atoms with Crippen LogP contribution in [0.25, 0.3) is 0 Å². The van der Waals surface area contributed by atoms with E-state index in [1.807, 2.05) is 24.4 Å². The Kier molecular flexibility index (Phi) is 6.52. The van der Waals surface area contributed by atoms with E-state index in [0.29, 0.717) is 0 Å². The SMILES string of the molecule is C[C@@H](NC(=O)COC(=O)c1cccc(S(=O)(=O)N(C)C)c1)c1cccs1. The summed E-state index contributed by atoms with van der Waals surface area (Å²) in [4.78, 5) is 25.0. The zero-order valence-electron chi connectivity index (χ0n) is 14.6. The van der Waals surface area contributed by atoms with Crippen molar-refractivity contribution >= 4 is 33.2 Å². The number of thiophene rings is 1. The molecule has 0 bridgehead atoms. The van der Waals surface area contributed by atoms with Gasteiger partial charge in [0.25, 0.3) is 5.91 Å². The number of carbonyl (C=O) groups is 2. The minimum Gasteiger partial charge on any atom is -0.452 e. The fraction of sp³-hybridized carbons (Fsp3) is 0.294. The summed E-state index contributed by atoms with van der Waals surface area (Å²) >= 11 is 1.52. The summed E-state index contributed by atoms with van der Waals surface area (Å²) in [5, 5.41) is 4.64. The van der Waals surface area contributed by atoms with Gasteiger partial charge in [0, 0.05) is 19.0 Å². The third-order valence-corrected chi connectivity index (χ3v) is 6.40. The number of ether oxygens (including phenoxy) is 1. The molecule has 1 atom stereocenters. The molecule has 1 aromatic carbocycles. The van der Waals surface area contributed by atoms with Crippen LogP contribution < -0.4 is 5.32 Å². The largest absolute Gasteiger partial charge is 0.452 e. The van der Waals surface area contributed by atoms with Gasteiger partial charge in [-0.15, -0.1) is 11.3 Å². The number of esters is 1. The van der Waals surface area contributed by atoms with E-state index in [4.69, 9.17) is 4.74 Å². The van der Waals surface area contributed by atoms with Gasteiger partial charge in [-0.3, -0.25) is 4.79 Å². The van der Waals surface area contributed by atoms with E-state index in [2.05, 4.69) is 5.32 Å². The maximum Gasteiger partial charge on any atom is 0.338 e. The lowest BCUT2D eigenvalue weighted by molar-refractivity contribution is -0.124. The number of nitrogens with zero attached hydrogens (tertiary/aromatic N) is 1. The summed E-state index contributed by atoms with van der Waals surface area (Å²) < 4.78 is 30.3. The highest BCUT2D eigenvalue weighted by atomic mass is 32.2. The molecular weight excluding hydrogens is 376 g/mol. The molecule has 0 aliphatic carbocycles. The predicted molar refractivity (Wildman–Crippen MR) is 98.5 cm³/mol. The molecule has 0 fully saturated rings. The maximum absolute atomic E-state index is 12.1. The van der Waals surface area contributed by atoms with Crippen LogP contribution in [0.1, 0.15) is 28.2 Å². The molecule has 0 spiro atoms. The molecule has 26 heavy (non-hydrogen) atoms. The van der Waals surface area contributed by atoms with E-state index in [1.165, 1.54) is 49.7 Å². The second-order valence-electron chi connectivity index (χ2n) is 5.70. The first-order chi connectivity index (χ1) is 12.2. The Morgan fingerprint density at radius 3 is 2.58 bits per heavy atom. The van der Waals surface area contributed by atoms with Gasteiger partial charge in [0.05, 0.1) is 16.5 Å². The van der Waals surface area contributed by atoms with Crippen molar-refractivity contribution in [3.05, 3.63) is 52.2 Å². The van der Waals surface area contributed by atoms with Crippen molar-refractivity contribution in [1.82, 2.24) is 9.62 Å². The van der Waals surface area contributed by atoms with E-state index in [9.17, 15) is 18.0 Å². The predicted octanol–water partition coefficient (Wildman–Crippen LogP) is 2.03. The number of benzene rings is 1. The van der Waals surface area contributed by atoms with Gasteiger partial charge in [-0.2, -0.15) is 0 Å². The molecule has 1 heterocycles. The van der Waals surface area contributed by atoms with Crippen molar-refractivity contribution < 1.29 is 22.7 Å². The molecule has 2 aromatic rings. The number of rotatable bonds is 7. The van der Waals surface area contributed by atoms with Gasteiger partial charge in [0.15, 0.2) is 6.61 Å². The molecule has 0 unspecified atom stereocenters. The summed E-state index contributed by atoms with van der Waals surface area (Å²) in [5.74, 6) is -1.20. The smallest absolute Gasteiger partial charge is 0.338 e. The van der Waals surface area contributed by atoms with Gasteiger partial charge < -0.3 is 10.1 Å². The van der Waals surface area contributed by atoms with Gasteiger partial charge in [0.2, 0.25) is 10.0 Å². The highest BCUT2D eigenvalue weighted by Gasteiger charge is 2.20. The van der Waals surface area contributed by atoms with Gasteiger partial charge in [-0.1, -0.05) is 12.1 Å². The number of hydrogen-bond acceptors (Lipinski definition) is 6. The Morgan fingerprint density at radius 1 is 1.23 bits per heavy atom. The highest BCUT2D eigenvalue weighted by molar-refractivity contribution is 7.89. The van der Waals surface area contributed by atoms with Crippen LogP contribution >= 0.6 is 11.3 Å². The molecule has 0 saturated carbocycles. The van der Waals surface area contributed by atoms with Gasteiger partial charge in [-0.05, 0) is 36.6 Å². The lowest BCUT2D eigenvalue weighted by Gasteiger charge is -2.13. The molecule has 1 N–H and O–H groups in total. The van der Waals surface area contributed by atoms with Crippen molar-refractivity contribution in [3.63, 3.8) is 0 Å². The maximum atomic E-state index is 12.1. The quantitative estimate of drug-likeness (QED) is 0.723. The summed E-state index contributed by atoms with van der Waals surface area (Å²) in [7, 11) is -0.853. The van der Waals surface area contributed by atoms with Crippen molar-refractivity contribution in [2.24, 2.45) is 0 Å². The molecule has 0 saturated heterocycles. The van der Waals surface area contributed by atoms with Crippen molar-refractivity contribution in [3.8, 4) is 0 Å². The molecule has 0 aliphatic heterocycles. The first-order valence-electron chi connectivity index (χ1n) is 7.74. The highest BCUT2D eigenvalue weighted by Crippen LogP contribution is 2.18. The molecule has 140 valence electrons. The molecule has 2 rings (SSSR count). The third-order valence-electron chi connectivity index (χ3n) is 3.53. The first-order valence-corrected chi connectivity index (χ1v) is 10.1. The van der Waals surface area contributed by atoms with E-state index < -0.39 is 28.5 Å². The Hall–Kier alpha value is -2.23. The molecule has 7 nitrogen and oxygen atoms in total. The standard InChI is InChI=1S/C17H20N2O5S2/c1-12(15-8-5-9-25-15)18-16(20)11-24-17(21)13-6-4-7-14(10-13)26(22,23)19(2)3/h4-10,12H,11H2,1-3H3,(H,18,20)/t12-/m1/s1. The average molecular weight is 396 g/mol. The summed E-state index contributed by atoms with van der Waals surface area (Å²) in [5.41, 5.74) is 0.0621. The lowest BCUT2D eigenvalue weighted by Crippen LogP contribution is -2.30. The van der Waals surface area contributed by atoms with Crippen LogP contribution in [0, 0.1) is 0 Å². The molecule has 9 heteroatoms. The summed E-state index contributed by atoms with van der Waals surface area (Å²) in [6, 6.07) is 9.10. The van der Waals surface area contributed by atoms with Crippen LogP contribution in [0.15, 0.2) is 46.7 Å². The second kappa shape index (κ2) is 8.43. The molecule has 1 amide bonds. The Labute approximate surface area is 156 Å².